The highest BCUT2D eigenvalue weighted by Gasteiger charge is 2.18. The Bertz CT molecular complexity index is 438. The number of hydrogen-bond acceptors (Lipinski definition) is 1. The molecule has 2 nitrogen and oxygen atoms in total. The predicted molar refractivity (Wildman–Crippen MR) is 72.0 cm³/mol. The Hall–Kier alpha value is -0.380. The van der Waals surface area contributed by atoms with Gasteiger partial charge in [0, 0.05) is 16.8 Å². The highest BCUT2D eigenvalue weighted by atomic mass is 35.5. The molecule has 0 aromatic heterocycles. The Morgan fingerprint density at radius 2 is 1.94 bits per heavy atom. The van der Waals surface area contributed by atoms with E-state index < -0.39 is 11.0 Å². The van der Waals surface area contributed by atoms with Gasteiger partial charge in [0.2, 0.25) is 0 Å². The van der Waals surface area contributed by atoms with Crippen LogP contribution < -0.4 is 0 Å². The molecule has 0 bridgehead atoms. The minimum absolute atomic E-state index is 0.366. The molecular formula is C11H13Cl2NOS. The van der Waals surface area contributed by atoms with Gasteiger partial charge in [0.05, 0.1) is 9.77 Å². The molecule has 0 saturated heterocycles. The Labute approximate surface area is 108 Å². The normalized spacial score (nSPS) is 14.3. The second-order valence-corrected chi connectivity index (χ2v) is 7.04. The molecule has 0 radical (unpaired) electrons. The molecule has 0 aliphatic carbocycles. The number of hydrogen-bond donors (Lipinski definition) is 0. The topological polar surface area (TPSA) is 29.4 Å². The second kappa shape index (κ2) is 5.30. The maximum absolute atomic E-state index is 11.7. The third-order valence-corrected chi connectivity index (χ3v) is 3.68. The molecule has 0 aliphatic rings. The molecule has 1 rings (SSSR count). The van der Waals surface area contributed by atoms with Gasteiger partial charge in [0.15, 0.2) is 0 Å². The summed E-state index contributed by atoms with van der Waals surface area (Å²) in [6, 6.07) is 5.09. The van der Waals surface area contributed by atoms with Crippen LogP contribution in [0.25, 0.3) is 0 Å². The van der Waals surface area contributed by atoms with Crippen molar-refractivity contribution < 1.29 is 4.21 Å². The van der Waals surface area contributed by atoms with Crippen LogP contribution in [0.1, 0.15) is 26.3 Å². The molecule has 0 N–H and O–H groups in total. The van der Waals surface area contributed by atoms with Gasteiger partial charge in [-0.1, -0.05) is 29.3 Å². The molecule has 0 unspecified atom stereocenters. The van der Waals surface area contributed by atoms with E-state index in [9.17, 15) is 4.21 Å². The van der Waals surface area contributed by atoms with E-state index in [4.69, 9.17) is 23.2 Å². The van der Waals surface area contributed by atoms with Crippen molar-refractivity contribution in [2.45, 2.75) is 25.5 Å². The van der Waals surface area contributed by atoms with Crippen LogP contribution >= 0.6 is 23.2 Å². The van der Waals surface area contributed by atoms with Gasteiger partial charge in [-0.3, -0.25) is 0 Å². The van der Waals surface area contributed by atoms with Gasteiger partial charge >= 0.3 is 0 Å². The first-order chi connectivity index (χ1) is 7.30. The molecule has 88 valence electrons. The van der Waals surface area contributed by atoms with Crippen LogP contribution in [-0.2, 0) is 11.0 Å². The fourth-order valence-corrected chi connectivity index (χ4v) is 1.85. The van der Waals surface area contributed by atoms with Crippen molar-refractivity contribution in [2.75, 3.05) is 0 Å². The maximum Gasteiger partial charge on any atom is 0.144 e. The van der Waals surface area contributed by atoms with Crippen molar-refractivity contribution in [3.63, 3.8) is 0 Å². The van der Waals surface area contributed by atoms with E-state index >= 15 is 0 Å². The molecular weight excluding hydrogens is 265 g/mol. The lowest BCUT2D eigenvalue weighted by atomic mass is 10.2. The Morgan fingerprint density at radius 1 is 1.31 bits per heavy atom. The summed E-state index contributed by atoms with van der Waals surface area (Å²) >= 11 is 11.7. The van der Waals surface area contributed by atoms with E-state index in [0.717, 1.165) is 0 Å². The van der Waals surface area contributed by atoms with Gasteiger partial charge in [0.25, 0.3) is 0 Å². The first kappa shape index (κ1) is 13.7. The van der Waals surface area contributed by atoms with E-state index in [0.29, 0.717) is 15.6 Å². The molecule has 0 amide bonds. The zero-order valence-corrected chi connectivity index (χ0v) is 11.7. The first-order valence-electron chi connectivity index (χ1n) is 4.72. The van der Waals surface area contributed by atoms with E-state index in [1.165, 1.54) is 6.21 Å². The van der Waals surface area contributed by atoms with E-state index in [1.54, 1.807) is 18.2 Å². The van der Waals surface area contributed by atoms with Crippen LogP contribution in [0.15, 0.2) is 22.6 Å². The fourth-order valence-electron chi connectivity index (χ4n) is 0.869. The lowest BCUT2D eigenvalue weighted by molar-refractivity contribution is 0.651. The minimum atomic E-state index is -1.27. The predicted octanol–water partition coefficient (Wildman–Crippen LogP) is 3.87. The van der Waals surface area contributed by atoms with Gasteiger partial charge in [-0.25, -0.2) is 4.21 Å². The van der Waals surface area contributed by atoms with Crippen molar-refractivity contribution in [2.24, 2.45) is 4.40 Å². The van der Waals surface area contributed by atoms with Crippen LogP contribution in [0.4, 0.5) is 0 Å². The summed E-state index contributed by atoms with van der Waals surface area (Å²) in [5.74, 6) is 0. The van der Waals surface area contributed by atoms with E-state index in [-0.39, 0.29) is 4.75 Å². The molecule has 16 heavy (non-hydrogen) atoms. The van der Waals surface area contributed by atoms with Crippen molar-refractivity contribution in [3.05, 3.63) is 33.8 Å². The molecule has 0 heterocycles. The number of rotatable bonds is 2. The largest absolute Gasteiger partial charge is 0.234 e. The lowest BCUT2D eigenvalue weighted by Gasteiger charge is -2.12. The third kappa shape index (κ3) is 3.89. The van der Waals surface area contributed by atoms with E-state index in [2.05, 4.69) is 4.40 Å². The number of nitrogens with zero attached hydrogens (tertiary/aromatic N) is 1. The van der Waals surface area contributed by atoms with Crippen molar-refractivity contribution in [1.29, 1.82) is 0 Å². The van der Waals surface area contributed by atoms with Gasteiger partial charge in [0.1, 0.15) is 11.0 Å². The molecule has 0 spiro atoms. The summed E-state index contributed by atoms with van der Waals surface area (Å²) in [5, 5.41) is 1.07. The molecule has 1 aromatic carbocycles. The van der Waals surface area contributed by atoms with Gasteiger partial charge in [-0.15, -0.1) is 0 Å². The van der Waals surface area contributed by atoms with Crippen molar-refractivity contribution in [1.82, 2.24) is 0 Å². The zero-order chi connectivity index (χ0) is 12.3. The summed E-state index contributed by atoms with van der Waals surface area (Å²) in [4.78, 5) is 0. The summed E-state index contributed by atoms with van der Waals surface area (Å²) in [5.41, 5.74) is 0.712. The summed E-state index contributed by atoms with van der Waals surface area (Å²) in [7, 11) is -1.27. The van der Waals surface area contributed by atoms with Crippen LogP contribution in [-0.4, -0.2) is 15.2 Å². The quantitative estimate of drug-likeness (QED) is 0.755. The van der Waals surface area contributed by atoms with Crippen molar-refractivity contribution in [3.8, 4) is 0 Å². The summed E-state index contributed by atoms with van der Waals surface area (Å²) in [6.45, 7) is 5.59. The standard InChI is InChI=1S/C11H13Cl2NOS/c1-11(2,3)16(15)14-7-8-4-5-9(12)6-10(8)13/h4-7H,1-3H3/b14-7+/t16-/m0/s1. The SMILES string of the molecule is CC(C)(C)[S@](=O)/N=C/c1ccc(Cl)cc1Cl. The molecule has 1 aromatic rings. The van der Waals surface area contributed by atoms with Crippen LogP contribution in [0.2, 0.25) is 10.0 Å². The molecule has 0 fully saturated rings. The van der Waals surface area contributed by atoms with Crippen LogP contribution in [0.5, 0.6) is 0 Å². The van der Waals surface area contributed by atoms with Crippen molar-refractivity contribution >= 4 is 40.4 Å². The highest BCUT2D eigenvalue weighted by molar-refractivity contribution is 7.85. The van der Waals surface area contributed by atoms with Gasteiger partial charge in [-0.2, -0.15) is 4.40 Å². The Balaban J connectivity index is 2.89. The minimum Gasteiger partial charge on any atom is -0.234 e. The second-order valence-electron chi connectivity index (χ2n) is 4.26. The van der Waals surface area contributed by atoms with Gasteiger partial charge < -0.3 is 0 Å². The average molecular weight is 278 g/mol. The highest BCUT2D eigenvalue weighted by Crippen LogP contribution is 2.20. The molecule has 0 aliphatic heterocycles. The molecule has 0 saturated carbocycles. The smallest absolute Gasteiger partial charge is 0.144 e. The number of benzene rings is 1. The molecule has 1 atom stereocenters. The Kier molecular flexibility index (Phi) is 4.53. The summed E-state index contributed by atoms with van der Waals surface area (Å²) < 4.78 is 15.3. The third-order valence-electron chi connectivity index (χ3n) is 1.77. The Morgan fingerprint density at radius 3 is 2.44 bits per heavy atom. The average Bonchev–Trinajstić information content (AvgIpc) is 2.14. The lowest BCUT2D eigenvalue weighted by Crippen LogP contribution is -2.19. The maximum atomic E-state index is 11.7. The summed E-state index contributed by atoms with van der Waals surface area (Å²) in [6.07, 6.45) is 1.51. The monoisotopic (exact) mass is 277 g/mol. The van der Waals surface area contributed by atoms with Crippen LogP contribution in [0, 0.1) is 0 Å². The zero-order valence-electron chi connectivity index (χ0n) is 9.33. The first-order valence-corrected chi connectivity index (χ1v) is 6.58. The van der Waals surface area contributed by atoms with E-state index in [1.807, 2.05) is 20.8 Å². The number of halogens is 2. The molecule has 5 heteroatoms. The van der Waals surface area contributed by atoms with Crippen LogP contribution in [0.3, 0.4) is 0 Å². The fraction of sp³-hybridized carbons (Fsp3) is 0.364. The van der Waals surface area contributed by atoms with Gasteiger partial charge in [-0.05, 0) is 32.9 Å².